The highest BCUT2D eigenvalue weighted by atomic mass is 15.1. The van der Waals surface area contributed by atoms with Crippen LogP contribution >= 0.6 is 0 Å². The standard InChI is InChI=1S/C14H17N/c1-11(15(2)3)13-9-8-12-6-4-5-7-14(12)10-13/h4-11H,1-3H3/t11-/m0/s1. The lowest BCUT2D eigenvalue weighted by Crippen LogP contribution is -2.16. The molecule has 0 bridgehead atoms. The van der Waals surface area contributed by atoms with Crippen LogP contribution < -0.4 is 0 Å². The van der Waals surface area contributed by atoms with Crippen molar-refractivity contribution in [2.24, 2.45) is 0 Å². The van der Waals surface area contributed by atoms with Crippen molar-refractivity contribution in [3.05, 3.63) is 48.0 Å². The molecule has 78 valence electrons. The fourth-order valence-corrected chi connectivity index (χ4v) is 1.77. The second-order valence-electron chi connectivity index (χ2n) is 4.25. The van der Waals surface area contributed by atoms with Crippen molar-refractivity contribution in [2.45, 2.75) is 13.0 Å². The van der Waals surface area contributed by atoms with Crippen LogP contribution in [0.4, 0.5) is 0 Å². The highest BCUT2D eigenvalue weighted by Gasteiger charge is 2.07. The highest BCUT2D eigenvalue weighted by molar-refractivity contribution is 5.83. The second kappa shape index (κ2) is 4.03. The average Bonchev–Trinajstić information content (AvgIpc) is 2.27. The molecule has 15 heavy (non-hydrogen) atoms. The van der Waals surface area contributed by atoms with Crippen LogP contribution in [0.1, 0.15) is 18.5 Å². The van der Waals surface area contributed by atoms with Crippen molar-refractivity contribution in [2.75, 3.05) is 14.1 Å². The van der Waals surface area contributed by atoms with E-state index in [2.05, 4.69) is 68.4 Å². The van der Waals surface area contributed by atoms with E-state index in [1.165, 1.54) is 16.3 Å². The van der Waals surface area contributed by atoms with Crippen molar-refractivity contribution in [1.29, 1.82) is 0 Å². The van der Waals surface area contributed by atoms with Gasteiger partial charge in [-0.05, 0) is 43.4 Å². The van der Waals surface area contributed by atoms with Crippen molar-refractivity contribution >= 4 is 10.8 Å². The van der Waals surface area contributed by atoms with Crippen molar-refractivity contribution in [3.63, 3.8) is 0 Å². The largest absolute Gasteiger partial charge is 0.303 e. The summed E-state index contributed by atoms with van der Waals surface area (Å²) in [5.74, 6) is 0. The summed E-state index contributed by atoms with van der Waals surface area (Å²) in [6.07, 6.45) is 0. The molecule has 2 aromatic carbocycles. The Kier molecular flexibility index (Phi) is 2.74. The third-order valence-electron chi connectivity index (χ3n) is 3.03. The fourth-order valence-electron chi connectivity index (χ4n) is 1.77. The van der Waals surface area contributed by atoms with Gasteiger partial charge in [0.1, 0.15) is 0 Å². The van der Waals surface area contributed by atoms with Gasteiger partial charge in [0.25, 0.3) is 0 Å². The minimum Gasteiger partial charge on any atom is -0.303 e. The fraction of sp³-hybridized carbons (Fsp3) is 0.286. The molecule has 0 spiro atoms. The molecule has 1 heteroatoms. The Morgan fingerprint density at radius 2 is 1.60 bits per heavy atom. The first kappa shape index (κ1) is 10.2. The first-order chi connectivity index (χ1) is 7.18. The molecule has 0 saturated carbocycles. The molecule has 0 aliphatic heterocycles. The van der Waals surface area contributed by atoms with Gasteiger partial charge in [0.2, 0.25) is 0 Å². The van der Waals surface area contributed by atoms with Crippen molar-refractivity contribution < 1.29 is 0 Å². The van der Waals surface area contributed by atoms with Crippen molar-refractivity contribution in [1.82, 2.24) is 4.90 Å². The number of nitrogens with zero attached hydrogens (tertiary/aromatic N) is 1. The minimum atomic E-state index is 0.467. The summed E-state index contributed by atoms with van der Waals surface area (Å²) in [6, 6.07) is 15.6. The Morgan fingerprint density at radius 1 is 0.933 bits per heavy atom. The van der Waals surface area contributed by atoms with Crippen LogP contribution in [0.25, 0.3) is 10.8 Å². The Hall–Kier alpha value is -1.34. The van der Waals surface area contributed by atoms with Gasteiger partial charge in [0, 0.05) is 6.04 Å². The summed E-state index contributed by atoms with van der Waals surface area (Å²) in [5, 5.41) is 2.64. The number of fused-ring (bicyclic) bond motifs is 1. The quantitative estimate of drug-likeness (QED) is 0.716. The van der Waals surface area contributed by atoms with Gasteiger partial charge in [-0.1, -0.05) is 36.4 Å². The second-order valence-corrected chi connectivity index (χ2v) is 4.25. The zero-order chi connectivity index (χ0) is 10.8. The summed E-state index contributed by atoms with van der Waals surface area (Å²) in [6.45, 7) is 2.23. The van der Waals surface area contributed by atoms with Crippen LogP contribution in [0.5, 0.6) is 0 Å². The maximum Gasteiger partial charge on any atom is 0.0314 e. The van der Waals surface area contributed by atoms with E-state index in [1.54, 1.807) is 0 Å². The van der Waals surface area contributed by atoms with E-state index in [9.17, 15) is 0 Å². The van der Waals surface area contributed by atoms with E-state index in [0.717, 1.165) is 0 Å². The zero-order valence-corrected chi connectivity index (χ0v) is 9.57. The number of rotatable bonds is 2. The van der Waals surface area contributed by atoms with Gasteiger partial charge < -0.3 is 4.90 Å². The van der Waals surface area contributed by atoms with Gasteiger partial charge in [0.05, 0.1) is 0 Å². The molecule has 0 aromatic heterocycles. The van der Waals surface area contributed by atoms with Crippen LogP contribution in [0.2, 0.25) is 0 Å². The molecule has 2 aromatic rings. The van der Waals surface area contributed by atoms with E-state index in [1.807, 2.05) is 0 Å². The van der Waals surface area contributed by atoms with Gasteiger partial charge in [0.15, 0.2) is 0 Å². The molecule has 0 unspecified atom stereocenters. The first-order valence-corrected chi connectivity index (χ1v) is 5.33. The SMILES string of the molecule is C[C@@H](c1ccc2ccccc2c1)N(C)C. The zero-order valence-electron chi connectivity index (χ0n) is 9.57. The minimum absolute atomic E-state index is 0.467. The third kappa shape index (κ3) is 2.02. The molecule has 0 aliphatic carbocycles. The molecule has 0 saturated heterocycles. The topological polar surface area (TPSA) is 3.24 Å². The molecule has 1 atom stereocenters. The molecular formula is C14H17N. The molecule has 0 amide bonds. The van der Waals surface area contributed by atoms with Gasteiger partial charge in [-0.15, -0.1) is 0 Å². The smallest absolute Gasteiger partial charge is 0.0314 e. The molecule has 0 fully saturated rings. The number of hydrogen-bond donors (Lipinski definition) is 0. The van der Waals surface area contributed by atoms with E-state index in [0.29, 0.717) is 6.04 Å². The maximum absolute atomic E-state index is 2.28. The molecule has 0 radical (unpaired) electrons. The monoisotopic (exact) mass is 199 g/mol. The van der Waals surface area contributed by atoms with Gasteiger partial charge >= 0.3 is 0 Å². The van der Waals surface area contributed by atoms with E-state index >= 15 is 0 Å². The molecule has 0 aliphatic rings. The molecule has 0 N–H and O–H groups in total. The summed E-state index contributed by atoms with van der Waals surface area (Å²) >= 11 is 0. The van der Waals surface area contributed by atoms with Crippen LogP contribution in [-0.4, -0.2) is 19.0 Å². The normalized spacial score (nSPS) is 13.3. The lowest BCUT2D eigenvalue weighted by atomic mass is 10.0. The van der Waals surface area contributed by atoms with E-state index in [4.69, 9.17) is 0 Å². The third-order valence-corrected chi connectivity index (χ3v) is 3.03. The molecular weight excluding hydrogens is 182 g/mol. The lowest BCUT2D eigenvalue weighted by Gasteiger charge is -2.20. The van der Waals surface area contributed by atoms with E-state index in [-0.39, 0.29) is 0 Å². The average molecular weight is 199 g/mol. The van der Waals surface area contributed by atoms with Gasteiger partial charge in [-0.25, -0.2) is 0 Å². The van der Waals surface area contributed by atoms with Crippen molar-refractivity contribution in [3.8, 4) is 0 Å². The Bertz CT molecular complexity index is 460. The summed E-state index contributed by atoms with van der Waals surface area (Å²) in [7, 11) is 4.22. The lowest BCUT2D eigenvalue weighted by molar-refractivity contribution is 0.321. The van der Waals surface area contributed by atoms with Gasteiger partial charge in [-0.2, -0.15) is 0 Å². The van der Waals surface area contributed by atoms with Crippen LogP contribution in [0.3, 0.4) is 0 Å². The highest BCUT2D eigenvalue weighted by Crippen LogP contribution is 2.22. The van der Waals surface area contributed by atoms with Crippen LogP contribution in [0.15, 0.2) is 42.5 Å². The molecule has 2 rings (SSSR count). The maximum atomic E-state index is 2.28. The van der Waals surface area contributed by atoms with Crippen LogP contribution in [0, 0.1) is 0 Å². The number of benzene rings is 2. The van der Waals surface area contributed by atoms with Crippen LogP contribution in [-0.2, 0) is 0 Å². The Labute approximate surface area is 91.3 Å². The summed E-state index contributed by atoms with van der Waals surface area (Å²) < 4.78 is 0. The predicted octanol–water partition coefficient (Wildman–Crippen LogP) is 3.46. The molecule has 1 nitrogen and oxygen atoms in total. The number of hydrogen-bond acceptors (Lipinski definition) is 1. The Balaban J connectivity index is 2.47. The predicted molar refractivity (Wildman–Crippen MR) is 66.1 cm³/mol. The molecule has 0 heterocycles. The Morgan fingerprint density at radius 3 is 2.27 bits per heavy atom. The summed E-state index contributed by atoms with van der Waals surface area (Å²) in [4.78, 5) is 2.23. The van der Waals surface area contributed by atoms with E-state index < -0.39 is 0 Å². The summed E-state index contributed by atoms with van der Waals surface area (Å²) in [5.41, 5.74) is 1.37. The van der Waals surface area contributed by atoms with Gasteiger partial charge in [-0.3, -0.25) is 0 Å². The first-order valence-electron chi connectivity index (χ1n) is 5.33.